The van der Waals surface area contributed by atoms with Gasteiger partial charge >= 0.3 is 0 Å². The number of Topliss-reactive ketones (excluding diaryl/α,β-unsaturated/α-hetero) is 1. The molecule has 2 fully saturated rings. The van der Waals surface area contributed by atoms with Crippen LogP contribution in [0.5, 0.6) is 0 Å². The summed E-state index contributed by atoms with van der Waals surface area (Å²) in [6.45, 7) is 7.72. The van der Waals surface area contributed by atoms with Crippen LogP contribution in [0.2, 0.25) is 0 Å². The van der Waals surface area contributed by atoms with Gasteiger partial charge in [-0.25, -0.2) is 13.1 Å². The highest BCUT2D eigenvalue weighted by atomic mass is 32.2. The smallest absolute Gasteiger partial charge is 0.212 e. The predicted molar refractivity (Wildman–Crippen MR) is 81.2 cm³/mol. The number of aliphatic hydroxyl groups is 1. The number of hydrogen-bond acceptors (Lipinski definition) is 4. The average molecular weight is 317 g/mol. The molecule has 2 N–H and O–H groups in total. The highest BCUT2D eigenvalue weighted by Crippen LogP contribution is 2.64. The number of carbonyl (C=O) groups is 1. The Labute approximate surface area is 127 Å². The number of hydrogen-bond donors (Lipinski definition) is 2. The summed E-state index contributed by atoms with van der Waals surface area (Å²) >= 11 is 0. The minimum atomic E-state index is -3.57. The number of sulfonamides is 1. The van der Waals surface area contributed by atoms with Crippen molar-refractivity contribution in [2.45, 2.75) is 53.1 Å². The molecule has 3 atom stereocenters. The Kier molecular flexibility index (Phi) is 4.28. The van der Waals surface area contributed by atoms with Crippen molar-refractivity contribution in [3.63, 3.8) is 0 Å². The second kappa shape index (κ2) is 5.32. The van der Waals surface area contributed by atoms with Gasteiger partial charge in [-0.3, -0.25) is 4.79 Å². The standard InChI is InChI=1S/C15H27NO4S/c1-10(2)12(17)8-16-21(19,20)9-15-6-5-11(7-13(15)18)14(15,3)4/h10-12,16-17H,5-9H2,1-4H3/t11-,12+,15-/m0/s1. The molecule has 5 nitrogen and oxygen atoms in total. The summed E-state index contributed by atoms with van der Waals surface area (Å²) in [5.74, 6) is 0.249. The van der Waals surface area contributed by atoms with Crippen LogP contribution in [0.25, 0.3) is 0 Å². The third-order valence-electron chi connectivity index (χ3n) is 5.86. The molecule has 0 aromatic rings. The molecule has 2 bridgehead atoms. The second-order valence-corrected chi connectivity index (χ2v) is 9.39. The van der Waals surface area contributed by atoms with Crippen molar-refractivity contribution in [3.05, 3.63) is 0 Å². The zero-order valence-electron chi connectivity index (χ0n) is 13.3. The van der Waals surface area contributed by atoms with Crippen molar-refractivity contribution in [2.24, 2.45) is 22.7 Å². The lowest BCUT2D eigenvalue weighted by Crippen LogP contribution is -2.46. The van der Waals surface area contributed by atoms with E-state index < -0.39 is 21.5 Å². The van der Waals surface area contributed by atoms with Crippen LogP contribution in [0.4, 0.5) is 0 Å². The van der Waals surface area contributed by atoms with E-state index in [0.29, 0.717) is 18.8 Å². The summed E-state index contributed by atoms with van der Waals surface area (Å²) in [5, 5.41) is 9.74. The van der Waals surface area contributed by atoms with E-state index in [-0.39, 0.29) is 29.4 Å². The normalized spacial score (nSPS) is 32.9. The molecule has 0 radical (unpaired) electrons. The number of aliphatic hydroxyl groups excluding tert-OH is 1. The van der Waals surface area contributed by atoms with E-state index in [9.17, 15) is 18.3 Å². The van der Waals surface area contributed by atoms with Gasteiger partial charge in [-0.05, 0) is 30.1 Å². The van der Waals surface area contributed by atoms with E-state index in [1.54, 1.807) is 0 Å². The van der Waals surface area contributed by atoms with E-state index in [1.807, 2.05) is 27.7 Å². The quantitative estimate of drug-likeness (QED) is 0.774. The molecule has 122 valence electrons. The van der Waals surface area contributed by atoms with Crippen LogP contribution in [-0.2, 0) is 14.8 Å². The molecule has 0 heterocycles. The minimum absolute atomic E-state index is 0.00806. The Balaban J connectivity index is 2.11. The molecule has 2 aliphatic carbocycles. The van der Waals surface area contributed by atoms with E-state index in [2.05, 4.69) is 4.72 Å². The van der Waals surface area contributed by atoms with E-state index in [1.165, 1.54) is 0 Å². The molecule has 0 saturated heterocycles. The van der Waals surface area contributed by atoms with Crippen LogP contribution < -0.4 is 4.72 Å². The lowest BCUT2D eigenvalue weighted by Gasteiger charge is -2.36. The molecule has 6 heteroatoms. The zero-order valence-corrected chi connectivity index (χ0v) is 14.2. The summed E-state index contributed by atoms with van der Waals surface area (Å²) in [6.07, 6.45) is 1.40. The van der Waals surface area contributed by atoms with Crippen molar-refractivity contribution in [1.82, 2.24) is 4.72 Å². The van der Waals surface area contributed by atoms with Gasteiger partial charge in [0.05, 0.1) is 11.9 Å². The molecule has 2 saturated carbocycles. The average Bonchev–Trinajstić information content (AvgIpc) is 2.69. The first kappa shape index (κ1) is 16.9. The van der Waals surface area contributed by atoms with Gasteiger partial charge in [0.15, 0.2) is 0 Å². The van der Waals surface area contributed by atoms with Crippen LogP contribution in [0.1, 0.15) is 47.0 Å². The maximum Gasteiger partial charge on any atom is 0.212 e. The lowest BCUT2D eigenvalue weighted by atomic mass is 9.70. The van der Waals surface area contributed by atoms with Crippen molar-refractivity contribution in [3.8, 4) is 0 Å². The fourth-order valence-electron chi connectivity index (χ4n) is 3.93. The van der Waals surface area contributed by atoms with Crippen molar-refractivity contribution in [2.75, 3.05) is 12.3 Å². The van der Waals surface area contributed by atoms with Gasteiger partial charge in [-0.2, -0.15) is 0 Å². The van der Waals surface area contributed by atoms with Crippen molar-refractivity contribution >= 4 is 15.8 Å². The molecular weight excluding hydrogens is 290 g/mol. The molecule has 0 unspecified atom stereocenters. The fourth-order valence-corrected chi connectivity index (χ4v) is 5.78. The minimum Gasteiger partial charge on any atom is -0.391 e. The molecule has 21 heavy (non-hydrogen) atoms. The Morgan fingerprint density at radius 1 is 1.38 bits per heavy atom. The Hall–Kier alpha value is -0.460. The van der Waals surface area contributed by atoms with Crippen molar-refractivity contribution < 1.29 is 18.3 Å². The highest BCUT2D eigenvalue weighted by Gasteiger charge is 2.65. The zero-order chi connectivity index (χ0) is 16.1. The topological polar surface area (TPSA) is 83.5 Å². The van der Waals surface area contributed by atoms with Gasteiger partial charge in [0, 0.05) is 18.4 Å². The SMILES string of the molecule is CC(C)[C@H](O)CNS(=O)(=O)C[C@@]12CC[C@@H](CC1=O)C2(C)C. The number of carbonyl (C=O) groups excluding carboxylic acids is 1. The summed E-state index contributed by atoms with van der Waals surface area (Å²) in [7, 11) is -3.57. The van der Waals surface area contributed by atoms with Gasteiger partial charge in [0.2, 0.25) is 10.0 Å². The van der Waals surface area contributed by atoms with Crippen LogP contribution in [-0.4, -0.2) is 37.7 Å². The molecule has 2 rings (SSSR count). The van der Waals surface area contributed by atoms with E-state index in [4.69, 9.17) is 0 Å². The van der Waals surface area contributed by atoms with Crippen LogP contribution in [0.3, 0.4) is 0 Å². The molecule has 0 aliphatic heterocycles. The Morgan fingerprint density at radius 2 is 2.00 bits per heavy atom. The van der Waals surface area contributed by atoms with Gasteiger partial charge < -0.3 is 5.11 Å². The third-order valence-corrected chi connectivity index (χ3v) is 7.34. The summed E-state index contributed by atoms with van der Waals surface area (Å²) in [4.78, 5) is 12.4. The Morgan fingerprint density at radius 3 is 2.43 bits per heavy atom. The van der Waals surface area contributed by atoms with Crippen LogP contribution in [0.15, 0.2) is 0 Å². The van der Waals surface area contributed by atoms with Gasteiger partial charge in [-0.15, -0.1) is 0 Å². The summed E-state index contributed by atoms with van der Waals surface area (Å²) < 4.78 is 27.2. The lowest BCUT2D eigenvalue weighted by molar-refractivity contribution is -0.128. The molecular formula is C15H27NO4S. The monoisotopic (exact) mass is 317 g/mol. The first-order valence-electron chi connectivity index (χ1n) is 7.70. The fraction of sp³-hybridized carbons (Fsp3) is 0.933. The second-order valence-electron chi connectivity index (χ2n) is 7.59. The largest absolute Gasteiger partial charge is 0.391 e. The molecule has 0 amide bonds. The maximum absolute atomic E-state index is 12.4. The number of ketones is 1. The summed E-state index contributed by atoms with van der Waals surface area (Å²) in [5.41, 5.74) is -0.998. The van der Waals surface area contributed by atoms with Gasteiger partial charge in [0.1, 0.15) is 5.78 Å². The number of nitrogens with one attached hydrogen (secondary N) is 1. The van der Waals surface area contributed by atoms with E-state index >= 15 is 0 Å². The Bertz CT molecular complexity index is 526. The van der Waals surface area contributed by atoms with Gasteiger partial charge in [-0.1, -0.05) is 27.7 Å². The van der Waals surface area contributed by atoms with Gasteiger partial charge in [0.25, 0.3) is 0 Å². The summed E-state index contributed by atoms with van der Waals surface area (Å²) in [6, 6.07) is 0. The van der Waals surface area contributed by atoms with Crippen LogP contribution >= 0.6 is 0 Å². The highest BCUT2D eigenvalue weighted by molar-refractivity contribution is 7.89. The predicted octanol–water partition coefficient (Wildman–Crippen LogP) is 1.32. The number of fused-ring (bicyclic) bond motifs is 2. The first-order chi connectivity index (χ1) is 9.52. The maximum atomic E-state index is 12.4. The molecule has 2 aliphatic rings. The first-order valence-corrected chi connectivity index (χ1v) is 9.36. The number of rotatable bonds is 6. The molecule has 0 aromatic carbocycles. The van der Waals surface area contributed by atoms with Crippen molar-refractivity contribution in [1.29, 1.82) is 0 Å². The molecule has 0 spiro atoms. The molecule has 0 aromatic heterocycles. The van der Waals surface area contributed by atoms with E-state index in [0.717, 1.165) is 6.42 Å². The van der Waals surface area contributed by atoms with Crippen LogP contribution in [0, 0.1) is 22.7 Å². The third kappa shape index (κ3) is 2.78.